The number of hydrogen-bond donors (Lipinski definition) is 2. The Labute approximate surface area is 178 Å². The Morgan fingerprint density at radius 2 is 1.93 bits per heavy atom. The third-order valence-electron chi connectivity index (χ3n) is 5.17. The van der Waals surface area contributed by atoms with Gasteiger partial charge in [0, 0.05) is 30.2 Å². The van der Waals surface area contributed by atoms with Gasteiger partial charge in [-0.05, 0) is 42.7 Å². The molecule has 2 N–H and O–H groups in total. The van der Waals surface area contributed by atoms with Gasteiger partial charge in [-0.3, -0.25) is 4.79 Å². The Kier molecular flexibility index (Phi) is 5.99. The molecule has 0 radical (unpaired) electrons. The topological polar surface area (TPSA) is 94.1 Å². The largest absolute Gasteiger partial charge is 0.506 e. The summed E-state index contributed by atoms with van der Waals surface area (Å²) in [5, 5.41) is 12.1. The van der Waals surface area contributed by atoms with Crippen LogP contribution in [0.3, 0.4) is 0 Å². The van der Waals surface area contributed by atoms with Crippen molar-refractivity contribution in [3.8, 4) is 17.2 Å². The Hall–Kier alpha value is -2.93. The molecule has 7 nitrogen and oxygen atoms in total. The fraction of sp³-hybridized carbons (Fsp3) is 0.364. The summed E-state index contributed by atoms with van der Waals surface area (Å²) in [5.41, 5.74) is 1.13. The molecule has 1 saturated carbocycles. The summed E-state index contributed by atoms with van der Waals surface area (Å²) >= 11 is 6.33. The molecule has 1 heterocycles. The third-order valence-corrected chi connectivity index (χ3v) is 5.47. The molecule has 0 bridgehead atoms. The molecular weight excluding hydrogens is 410 g/mol. The standard InChI is InChI=1S/C22H22ClNO6/c23-17-11-16-18(30-22(26)27)8-10-28-19(16)12-20(17)29-15-5-3-14(4-6-15)21(25)24-9-7-13-1-2-13/h3-6,11-13,18H,1-2,7-10H2,(H,24,25)(H,26,27). The molecule has 158 valence electrons. The molecule has 30 heavy (non-hydrogen) atoms. The first-order valence-electron chi connectivity index (χ1n) is 9.91. The van der Waals surface area contributed by atoms with Crippen molar-refractivity contribution in [1.82, 2.24) is 5.32 Å². The predicted octanol–water partition coefficient (Wildman–Crippen LogP) is 5.18. The lowest BCUT2D eigenvalue weighted by Gasteiger charge is -2.25. The van der Waals surface area contributed by atoms with Crippen molar-refractivity contribution in [2.45, 2.75) is 31.8 Å². The molecule has 0 saturated heterocycles. The Morgan fingerprint density at radius 1 is 1.17 bits per heavy atom. The van der Waals surface area contributed by atoms with E-state index in [0.29, 0.717) is 53.0 Å². The first-order valence-corrected chi connectivity index (χ1v) is 10.3. The average molecular weight is 432 g/mol. The second kappa shape index (κ2) is 8.83. The molecule has 0 aromatic heterocycles. The number of ether oxygens (including phenoxy) is 3. The van der Waals surface area contributed by atoms with Crippen LogP contribution in [0.5, 0.6) is 17.2 Å². The summed E-state index contributed by atoms with van der Waals surface area (Å²) in [4.78, 5) is 23.1. The van der Waals surface area contributed by atoms with Gasteiger partial charge in [0.2, 0.25) is 0 Å². The van der Waals surface area contributed by atoms with Crippen LogP contribution in [0.15, 0.2) is 36.4 Å². The van der Waals surface area contributed by atoms with Crippen molar-refractivity contribution in [2.75, 3.05) is 13.2 Å². The van der Waals surface area contributed by atoms with Gasteiger partial charge in [-0.15, -0.1) is 0 Å². The number of carbonyl (C=O) groups is 2. The van der Waals surface area contributed by atoms with Crippen LogP contribution in [0.25, 0.3) is 0 Å². The maximum absolute atomic E-state index is 12.2. The van der Waals surface area contributed by atoms with Gasteiger partial charge in [-0.25, -0.2) is 4.79 Å². The van der Waals surface area contributed by atoms with Gasteiger partial charge in [0.1, 0.15) is 23.4 Å². The Morgan fingerprint density at radius 3 is 2.63 bits per heavy atom. The normalized spacial score (nSPS) is 17.4. The van der Waals surface area contributed by atoms with Crippen molar-refractivity contribution in [3.05, 3.63) is 52.5 Å². The molecule has 2 aromatic rings. The Balaban J connectivity index is 1.42. The zero-order chi connectivity index (χ0) is 21.1. The SMILES string of the molecule is O=C(O)OC1CCOc2cc(Oc3ccc(C(=O)NCCC4CC4)cc3)c(Cl)cc21. The van der Waals surface area contributed by atoms with Crippen molar-refractivity contribution in [2.24, 2.45) is 5.92 Å². The summed E-state index contributed by atoms with van der Waals surface area (Å²) < 4.78 is 16.4. The average Bonchev–Trinajstić information content (AvgIpc) is 3.54. The second-order valence-electron chi connectivity index (χ2n) is 7.44. The summed E-state index contributed by atoms with van der Waals surface area (Å²) in [6, 6.07) is 10.0. The van der Waals surface area contributed by atoms with Crippen LogP contribution < -0.4 is 14.8 Å². The van der Waals surface area contributed by atoms with E-state index in [1.165, 1.54) is 12.8 Å². The van der Waals surface area contributed by atoms with E-state index in [2.05, 4.69) is 5.32 Å². The van der Waals surface area contributed by atoms with E-state index in [1.54, 1.807) is 36.4 Å². The number of benzene rings is 2. The van der Waals surface area contributed by atoms with Crippen molar-refractivity contribution < 1.29 is 28.9 Å². The Bertz CT molecular complexity index is 941. The van der Waals surface area contributed by atoms with E-state index in [1.807, 2.05) is 0 Å². The smallest absolute Gasteiger partial charge is 0.493 e. The second-order valence-corrected chi connectivity index (χ2v) is 7.85. The molecular formula is C22H22ClNO6. The van der Waals surface area contributed by atoms with Crippen LogP contribution in [-0.4, -0.2) is 30.3 Å². The maximum atomic E-state index is 12.2. The highest BCUT2D eigenvalue weighted by molar-refractivity contribution is 6.32. The van der Waals surface area contributed by atoms with Crippen LogP contribution in [0.2, 0.25) is 5.02 Å². The monoisotopic (exact) mass is 431 g/mol. The molecule has 4 rings (SSSR count). The zero-order valence-corrected chi connectivity index (χ0v) is 17.0. The predicted molar refractivity (Wildman–Crippen MR) is 110 cm³/mol. The molecule has 1 fully saturated rings. The van der Waals surface area contributed by atoms with Crippen LogP contribution in [0.4, 0.5) is 4.79 Å². The quantitative estimate of drug-likeness (QED) is 0.586. The third kappa shape index (κ3) is 4.97. The summed E-state index contributed by atoms with van der Waals surface area (Å²) in [6.07, 6.45) is 2.01. The molecule has 1 aliphatic heterocycles. The number of fused-ring (bicyclic) bond motifs is 1. The van der Waals surface area contributed by atoms with E-state index >= 15 is 0 Å². The summed E-state index contributed by atoms with van der Waals surface area (Å²) in [5.74, 6) is 2.02. The van der Waals surface area contributed by atoms with E-state index in [-0.39, 0.29) is 5.91 Å². The minimum Gasteiger partial charge on any atom is -0.493 e. The minimum absolute atomic E-state index is 0.105. The number of amides is 1. The first kappa shape index (κ1) is 20.3. The van der Waals surface area contributed by atoms with Gasteiger partial charge >= 0.3 is 6.16 Å². The van der Waals surface area contributed by atoms with E-state index in [9.17, 15) is 9.59 Å². The molecule has 1 atom stereocenters. The lowest BCUT2D eigenvalue weighted by molar-refractivity contribution is 0.0326. The number of halogens is 1. The number of carboxylic acid groups (broad SMARTS) is 1. The number of nitrogens with one attached hydrogen (secondary N) is 1. The van der Waals surface area contributed by atoms with Crippen LogP contribution in [0, 0.1) is 5.92 Å². The molecule has 0 spiro atoms. The number of rotatable bonds is 7. The van der Waals surface area contributed by atoms with Crippen molar-refractivity contribution >= 4 is 23.7 Å². The van der Waals surface area contributed by atoms with Crippen LogP contribution >= 0.6 is 11.6 Å². The highest BCUT2D eigenvalue weighted by atomic mass is 35.5. The van der Waals surface area contributed by atoms with E-state index in [0.717, 1.165) is 12.3 Å². The van der Waals surface area contributed by atoms with E-state index in [4.69, 9.17) is 30.9 Å². The van der Waals surface area contributed by atoms with Gasteiger partial charge in [0.15, 0.2) is 0 Å². The zero-order valence-electron chi connectivity index (χ0n) is 16.2. The van der Waals surface area contributed by atoms with Crippen LogP contribution in [0.1, 0.15) is 47.7 Å². The van der Waals surface area contributed by atoms with Gasteiger partial charge in [0.25, 0.3) is 5.91 Å². The lowest BCUT2D eigenvalue weighted by atomic mass is 10.0. The summed E-state index contributed by atoms with van der Waals surface area (Å²) in [6.45, 7) is 1.02. The van der Waals surface area contributed by atoms with E-state index < -0.39 is 12.3 Å². The highest BCUT2D eigenvalue weighted by Gasteiger charge is 2.27. The van der Waals surface area contributed by atoms with Gasteiger partial charge in [0.05, 0.1) is 11.6 Å². The molecule has 2 aliphatic rings. The summed E-state index contributed by atoms with van der Waals surface area (Å²) in [7, 11) is 0. The van der Waals surface area contributed by atoms with Gasteiger partial charge in [-0.2, -0.15) is 0 Å². The maximum Gasteiger partial charge on any atom is 0.506 e. The van der Waals surface area contributed by atoms with Crippen molar-refractivity contribution in [3.63, 3.8) is 0 Å². The van der Waals surface area contributed by atoms with Crippen molar-refractivity contribution in [1.29, 1.82) is 0 Å². The fourth-order valence-corrected chi connectivity index (χ4v) is 3.59. The first-order chi connectivity index (χ1) is 14.5. The molecule has 1 unspecified atom stereocenters. The molecule has 1 aliphatic carbocycles. The van der Waals surface area contributed by atoms with Gasteiger partial charge < -0.3 is 24.6 Å². The molecule has 8 heteroatoms. The van der Waals surface area contributed by atoms with Crippen LogP contribution in [-0.2, 0) is 4.74 Å². The lowest BCUT2D eigenvalue weighted by Crippen LogP contribution is -2.24. The molecule has 2 aromatic carbocycles. The molecule has 1 amide bonds. The highest BCUT2D eigenvalue weighted by Crippen LogP contribution is 2.42. The number of carbonyl (C=O) groups excluding carboxylic acids is 1. The number of hydrogen-bond acceptors (Lipinski definition) is 5. The van der Waals surface area contributed by atoms with Gasteiger partial charge in [-0.1, -0.05) is 24.4 Å². The fourth-order valence-electron chi connectivity index (χ4n) is 3.38. The minimum atomic E-state index is -1.35.